The largest absolute Gasteiger partial charge is 0.496 e. The van der Waals surface area contributed by atoms with Crippen molar-refractivity contribution in [2.75, 3.05) is 7.11 Å². The molecule has 0 aliphatic heterocycles. The molecule has 0 amide bonds. The Kier molecular flexibility index (Phi) is 2.86. The summed E-state index contributed by atoms with van der Waals surface area (Å²) in [5.41, 5.74) is 7.26. The lowest BCUT2D eigenvalue weighted by atomic mass is 10.1. The molecule has 0 fully saturated rings. The molecule has 1 unspecified atom stereocenters. The Balaban J connectivity index is 2.23. The van der Waals surface area contributed by atoms with Crippen LogP contribution in [0.3, 0.4) is 0 Å². The molecule has 74 valence electrons. The predicted octanol–water partition coefficient (Wildman–Crippen LogP) is 2.87. The van der Waals surface area contributed by atoms with E-state index in [0.717, 1.165) is 10.6 Å². The van der Waals surface area contributed by atoms with Crippen LogP contribution in [0.5, 0.6) is 5.75 Å². The minimum Gasteiger partial charge on any atom is -0.496 e. The topological polar surface area (TPSA) is 35.2 Å². The van der Waals surface area contributed by atoms with Crippen molar-refractivity contribution in [1.29, 1.82) is 0 Å². The lowest BCUT2D eigenvalue weighted by Crippen LogP contribution is -2.08. The van der Waals surface area contributed by atoms with Gasteiger partial charge in [0, 0.05) is 10.3 Å². The molecule has 2 heterocycles. The maximum atomic E-state index is 6.09. The van der Waals surface area contributed by atoms with E-state index in [0.29, 0.717) is 0 Å². The Bertz CT molecular complexity index is 394. The van der Waals surface area contributed by atoms with E-state index >= 15 is 0 Å². The van der Waals surface area contributed by atoms with Gasteiger partial charge in [0.25, 0.3) is 0 Å². The highest BCUT2D eigenvalue weighted by Gasteiger charge is 2.11. The maximum Gasteiger partial charge on any atom is 0.129 e. The third-order valence-electron chi connectivity index (χ3n) is 2.04. The first kappa shape index (κ1) is 9.71. The fourth-order valence-electron chi connectivity index (χ4n) is 1.22. The van der Waals surface area contributed by atoms with E-state index in [9.17, 15) is 0 Å². The van der Waals surface area contributed by atoms with Crippen LogP contribution < -0.4 is 10.5 Å². The smallest absolute Gasteiger partial charge is 0.129 e. The highest BCUT2D eigenvalue weighted by Crippen LogP contribution is 2.30. The fourth-order valence-corrected chi connectivity index (χ4v) is 2.80. The number of thiophene rings is 2. The summed E-state index contributed by atoms with van der Waals surface area (Å²) in [6.07, 6.45) is 0. The van der Waals surface area contributed by atoms with E-state index < -0.39 is 0 Å². The molecule has 0 aromatic carbocycles. The normalized spacial score (nSPS) is 12.7. The first-order chi connectivity index (χ1) is 6.81. The summed E-state index contributed by atoms with van der Waals surface area (Å²) in [5, 5.41) is 6.10. The molecule has 0 aliphatic carbocycles. The number of ether oxygens (including phenoxy) is 1. The van der Waals surface area contributed by atoms with Crippen LogP contribution >= 0.6 is 22.7 Å². The average Bonchev–Trinajstić information content (AvgIpc) is 2.88. The van der Waals surface area contributed by atoms with Gasteiger partial charge in [-0.15, -0.1) is 11.3 Å². The second kappa shape index (κ2) is 4.13. The highest BCUT2D eigenvalue weighted by molar-refractivity contribution is 7.10. The summed E-state index contributed by atoms with van der Waals surface area (Å²) in [7, 11) is 1.67. The zero-order chi connectivity index (χ0) is 9.97. The van der Waals surface area contributed by atoms with Gasteiger partial charge in [-0.05, 0) is 28.5 Å². The summed E-state index contributed by atoms with van der Waals surface area (Å²) in [4.78, 5) is 1.14. The van der Waals surface area contributed by atoms with Crippen molar-refractivity contribution in [3.63, 3.8) is 0 Å². The summed E-state index contributed by atoms with van der Waals surface area (Å²) in [6, 6.07) is 4.03. The van der Waals surface area contributed by atoms with E-state index in [-0.39, 0.29) is 6.04 Å². The zero-order valence-electron chi connectivity index (χ0n) is 7.77. The van der Waals surface area contributed by atoms with E-state index in [1.54, 1.807) is 29.8 Å². The Morgan fingerprint density at radius 2 is 2.29 bits per heavy atom. The van der Waals surface area contributed by atoms with Crippen molar-refractivity contribution in [3.8, 4) is 5.75 Å². The lowest BCUT2D eigenvalue weighted by molar-refractivity contribution is 0.416. The van der Waals surface area contributed by atoms with Crippen molar-refractivity contribution in [1.82, 2.24) is 0 Å². The maximum absolute atomic E-state index is 6.09. The van der Waals surface area contributed by atoms with Crippen molar-refractivity contribution < 1.29 is 4.74 Å². The second-order valence-corrected chi connectivity index (χ2v) is 4.65. The molecule has 2 rings (SSSR count). The van der Waals surface area contributed by atoms with Crippen molar-refractivity contribution >= 4 is 22.7 Å². The summed E-state index contributed by atoms with van der Waals surface area (Å²) in [5.74, 6) is 0.885. The molecule has 2 aromatic heterocycles. The molecule has 2 N–H and O–H groups in total. The fraction of sp³-hybridized carbons (Fsp3) is 0.200. The minimum absolute atomic E-state index is 0.0184. The van der Waals surface area contributed by atoms with Crippen molar-refractivity contribution in [3.05, 3.63) is 38.7 Å². The molecule has 0 radical (unpaired) electrons. The zero-order valence-corrected chi connectivity index (χ0v) is 9.40. The van der Waals surface area contributed by atoms with Gasteiger partial charge in [0.05, 0.1) is 13.2 Å². The van der Waals surface area contributed by atoms with Crippen LogP contribution in [0.4, 0.5) is 0 Å². The number of hydrogen-bond acceptors (Lipinski definition) is 4. The van der Waals surface area contributed by atoms with Crippen LogP contribution in [0.15, 0.2) is 28.3 Å². The average molecular weight is 225 g/mol. The van der Waals surface area contributed by atoms with Gasteiger partial charge in [-0.1, -0.05) is 0 Å². The van der Waals surface area contributed by atoms with Gasteiger partial charge in [-0.25, -0.2) is 0 Å². The summed E-state index contributed by atoms with van der Waals surface area (Å²) >= 11 is 3.30. The number of hydrogen-bond donors (Lipinski definition) is 1. The van der Waals surface area contributed by atoms with Crippen LogP contribution in [0, 0.1) is 0 Å². The Morgan fingerprint density at radius 1 is 1.43 bits per heavy atom. The van der Waals surface area contributed by atoms with Crippen LogP contribution in [-0.4, -0.2) is 7.11 Å². The van der Waals surface area contributed by atoms with Gasteiger partial charge < -0.3 is 10.5 Å². The molecule has 2 aromatic rings. The molecule has 0 saturated carbocycles. The van der Waals surface area contributed by atoms with Crippen LogP contribution in [-0.2, 0) is 0 Å². The number of rotatable bonds is 3. The van der Waals surface area contributed by atoms with Crippen molar-refractivity contribution in [2.24, 2.45) is 5.73 Å². The van der Waals surface area contributed by atoms with Crippen molar-refractivity contribution in [2.45, 2.75) is 6.04 Å². The molecule has 0 spiro atoms. The summed E-state index contributed by atoms with van der Waals surface area (Å²) in [6.45, 7) is 0. The number of nitrogens with two attached hydrogens (primary N) is 1. The highest BCUT2D eigenvalue weighted by atomic mass is 32.1. The van der Waals surface area contributed by atoms with Crippen LogP contribution in [0.2, 0.25) is 0 Å². The Hall–Kier alpha value is -0.840. The van der Waals surface area contributed by atoms with Gasteiger partial charge >= 0.3 is 0 Å². The summed E-state index contributed by atoms with van der Waals surface area (Å²) < 4.78 is 5.12. The standard InChI is InChI=1S/C10H11NOS2/c1-12-8-4-9(14-6-8)10(11)7-2-3-13-5-7/h2-6,10H,11H2,1H3. The third kappa shape index (κ3) is 1.82. The monoisotopic (exact) mass is 225 g/mol. The van der Waals surface area contributed by atoms with E-state index in [4.69, 9.17) is 10.5 Å². The third-order valence-corrected chi connectivity index (χ3v) is 3.74. The van der Waals surface area contributed by atoms with E-state index in [1.807, 2.05) is 16.8 Å². The van der Waals surface area contributed by atoms with Crippen LogP contribution in [0.25, 0.3) is 0 Å². The van der Waals surface area contributed by atoms with Gasteiger partial charge in [0.15, 0.2) is 0 Å². The first-order valence-electron chi connectivity index (χ1n) is 4.21. The molecule has 0 saturated heterocycles. The predicted molar refractivity (Wildman–Crippen MR) is 61.2 cm³/mol. The quantitative estimate of drug-likeness (QED) is 0.871. The van der Waals surface area contributed by atoms with E-state index in [1.165, 1.54) is 5.56 Å². The molecule has 4 heteroatoms. The molecule has 1 atom stereocenters. The molecular weight excluding hydrogens is 214 g/mol. The van der Waals surface area contributed by atoms with Crippen LogP contribution in [0.1, 0.15) is 16.5 Å². The second-order valence-electron chi connectivity index (χ2n) is 2.92. The minimum atomic E-state index is -0.0184. The van der Waals surface area contributed by atoms with Gasteiger partial charge in [-0.2, -0.15) is 11.3 Å². The molecule has 2 nitrogen and oxygen atoms in total. The lowest BCUT2D eigenvalue weighted by Gasteiger charge is -2.05. The molecular formula is C10H11NOS2. The van der Waals surface area contributed by atoms with Gasteiger partial charge in [0.2, 0.25) is 0 Å². The SMILES string of the molecule is COc1csc(C(N)c2ccsc2)c1. The number of methoxy groups -OCH3 is 1. The van der Waals surface area contributed by atoms with Gasteiger partial charge in [0.1, 0.15) is 5.75 Å². The Morgan fingerprint density at radius 3 is 2.86 bits per heavy atom. The molecule has 0 aliphatic rings. The first-order valence-corrected chi connectivity index (χ1v) is 6.03. The van der Waals surface area contributed by atoms with E-state index in [2.05, 4.69) is 11.4 Å². The molecule has 0 bridgehead atoms. The Labute approximate surface area is 91.0 Å². The van der Waals surface area contributed by atoms with Gasteiger partial charge in [-0.3, -0.25) is 0 Å². The molecule has 14 heavy (non-hydrogen) atoms.